The van der Waals surface area contributed by atoms with Crippen molar-refractivity contribution in [1.29, 1.82) is 0 Å². The third-order valence-corrected chi connectivity index (χ3v) is 8.41. The van der Waals surface area contributed by atoms with Crippen LogP contribution in [0.2, 0.25) is 10.0 Å². The van der Waals surface area contributed by atoms with Gasteiger partial charge in [-0.2, -0.15) is 5.10 Å². The second-order valence-corrected chi connectivity index (χ2v) is 11.7. The lowest BCUT2D eigenvalue weighted by atomic mass is 10.1. The number of unbranched alkanes of at least 4 members (excludes halogenated alkanes) is 7. The number of halogens is 2. The van der Waals surface area contributed by atoms with Crippen molar-refractivity contribution in [2.24, 2.45) is 7.05 Å². The van der Waals surface area contributed by atoms with Crippen molar-refractivity contribution < 1.29 is 4.79 Å². The van der Waals surface area contributed by atoms with Crippen molar-refractivity contribution in [3.05, 3.63) is 74.4 Å². The zero-order valence-electron chi connectivity index (χ0n) is 22.6. The summed E-state index contributed by atoms with van der Waals surface area (Å²) in [6.07, 6.45) is 10.0. The Bertz CT molecular complexity index is 1490. The molecule has 0 spiro atoms. The highest BCUT2D eigenvalue weighted by molar-refractivity contribution is 7.99. The van der Waals surface area contributed by atoms with Crippen LogP contribution in [-0.4, -0.2) is 36.6 Å². The van der Waals surface area contributed by atoms with Crippen LogP contribution in [0.5, 0.6) is 0 Å². The fourth-order valence-electron chi connectivity index (χ4n) is 4.50. The topological polar surface area (TPSA) is 106 Å². The van der Waals surface area contributed by atoms with Crippen LogP contribution in [0.15, 0.2) is 52.4 Å². The molecule has 0 saturated carbocycles. The molecule has 0 atom stereocenters. The molecule has 2 aromatic heterocycles. The van der Waals surface area contributed by atoms with E-state index in [1.807, 2.05) is 29.8 Å². The predicted molar refractivity (Wildman–Crippen MR) is 164 cm³/mol. The molecule has 8 nitrogen and oxygen atoms in total. The number of nitrogens with zero attached hydrogens (tertiary/aromatic N) is 4. The Morgan fingerprint density at radius 1 is 0.950 bits per heavy atom. The van der Waals surface area contributed by atoms with Gasteiger partial charge in [0.2, 0.25) is 5.91 Å². The predicted octanol–water partition coefficient (Wildman–Crippen LogP) is 7.19. The maximum Gasteiger partial charge on any atom is 0.272 e. The third kappa shape index (κ3) is 8.56. The molecule has 2 N–H and O–H groups in total. The smallest absolute Gasteiger partial charge is 0.272 e. The number of carbonyl (C=O) groups is 1. The van der Waals surface area contributed by atoms with Crippen LogP contribution < -0.4 is 10.9 Å². The minimum Gasteiger partial charge on any atom is -0.325 e. The molecule has 0 fully saturated rings. The van der Waals surface area contributed by atoms with Crippen LogP contribution in [0, 0.1) is 0 Å². The Morgan fingerprint density at radius 3 is 2.40 bits per heavy atom. The van der Waals surface area contributed by atoms with Crippen molar-refractivity contribution in [3.8, 4) is 0 Å². The summed E-state index contributed by atoms with van der Waals surface area (Å²) in [6, 6.07) is 12.5. The lowest BCUT2D eigenvalue weighted by Crippen LogP contribution is -2.12. The van der Waals surface area contributed by atoms with Gasteiger partial charge in [-0.15, -0.1) is 10.2 Å². The minimum atomic E-state index is -0.185. The van der Waals surface area contributed by atoms with Crippen LogP contribution in [0.4, 0.5) is 5.69 Å². The van der Waals surface area contributed by atoms with Crippen molar-refractivity contribution in [2.45, 2.75) is 69.4 Å². The summed E-state index contributed by atoms with van der Waals surface area (Å²) in [5.74, 6) is 1.80. The molecule has 40 heavy (non-hydrogen) atoms. The highest BCUT2D eigenvalue weighted by Gasteiger charge is 2.13. The number of amides is 1. The van der Waals surface area contributed by atoms with Crippen molar-refractivity contribution in [1.82, 2.24) is 25.0 Å². The molecule has 11 heteroatoms. The van der Waals surface area contributed by atoms with Gasteiger partial charge in [0.15, 0.2) is 5.16 Å². The van der Waals surface area contributed by atoms with E-state index in [2.05, 4.69) is 25.7 Å². The van der Waals surface area contributed by atoms with Crippen LogP contribution in [0.1, 0.15) is 69.3 Å². The standard InChI is InChI=1S/C29H34Cl2N6O2S/c1-37-26(19-25-21-12-9-10-13-22(21)28(39)35-33-25)34-36-29(37)40-17-11-7-5-3-2-4-6-8-14-27(38)32-24-16-15-20(30)18-23(24)31/h9-10,12-13,15-16,18H,2-8,11,14,17,19H2,1H3,(H,32,38)(H,35,39). The Morgan fingerprint density at radius 2 is 1.65 bits per heavy atom. The molecule has 212 valence electrons. The number of hydrogen-bond donors (Lipinski definition) is 2. The number of thioether (sulfide) groups is 1. The molecule has 0 radical (unpaired) electrons. The number of rotatable bonds is 15. The fourth-order valence-corrected chi connectivity index (χ4v) is 5.88. The first-order chi connectivity index (χ1) is 19.4. The Balaban J connectivity index is 1.06. The quantitative estimate of drug-likeness (QED) is 0.110. The highest BCUT2D eigenvalue weighted by Crippen LogP contribution is 2.26. The zero-order valence-corrected chi connectivity index (χ0v) is 24.9. The van der Waals surface area contributed by atoms with Gasteiger partial charge in [0, 0.05) is 29.6 Å². The molecular formula is C29H34Cl2N6O2S. The maximum atomic E-state index is 12.1. The zero-order chi connectivity index (χ0) is 28.3. The first-order valence-electron chi connectivity index (χ1n) is 13.6. The van der Waals surface area contributed by atoms with Crippen LogP contribution in [-0.2, 0) is 18.3 Å². The molecule has 0 aliphatic carbocycles. The van der Waals surface area contributed by atoms with Crippen molar-refractivity contribution >= 4 is 57.3 Å². The summed E-state index contributed by atoms with van der Waals surface area (Å²) in [6.45, 7) is 0. The van der Waals surface area contributed by atoms with E-state index in [1.165, 1.54) is 25.7 Å². The number of carbonyl (C=O) groups excluding carboxylic acids is 1. The number of hydrogen-bond acceptors (Lipinski definition) is 6. The lowest BCUT2D eigenvalue weighted by Gasteiger charge is -2.07. The molecule has 0 saturated heterocycles. The van der Waals surface area contributed by atoms with Gasteiger partial charge in [0.1, 0.15) is 5.82 Å². The summed E-state index contributed by atoms with van der Waals surface area (Å²) in [5, 5.41) is 21.8. The molecule has 4 aromatic rings. The van der Waals surface area contributed by atoms with Gasteiger partial charge in [0.25, 0.3) is 5.56 Å². The van der Waals surface area contributed by atoms with Crippen molar-refractivity contribution in [3.63, 3.8) is 0 Å². The van der Waals surface area contributed by atoms with Gasteiger partial charge in [-0.1, -0.05) is 91.7 Å². The van der Waals surface area contributed by atoms with E-state index in [-0.39, 0.29) is 11.5 Å². The average molecular weight is 602 g/mol. The summed E-state index contributed by atoms with van der Waals surface area (Å²) in [7, 11) is 1.97. The number of nitrogens with one attached hydrogen (secondary N) is 2. The van der Waals surface area contributed by atoms with Crippen molar-refractivity contribution in [2.75, 3.05) is 11.1 Å². The Labute approximate surface area is 248 Å². The Kier molecular flexibility index (Phi) is 11.4. The van der Waals surface area contributed by atoms with E-state index in [1.54, 1.807) is 36.0 Å². The summed E-state index contributed by atoms with van der Waals surface area (Å²) in [4.78, 5) is 24.2. The molecule has 0 aliphatic rings. The molecule has 4 rings (SSSR count). The first kappa shape index (κ1) is 30.1. The largest absolute Gasteiger partial charge is 0.325 e. The van der Waals surface area contributed by atoms with E-state index >= 15 is 0 Å². The van der Waals surface area contributed by atoms with E-state index < -0.39 is 0 Å². The normalized spacial score (nSPS) is 11.3. The minimum absolute atomic E-state index is 0.0154. The molecule has 2 aromatic carbocycles. The van der Waals surface area contributed by atoms with E-state index in [9.17, 15) is 9.59 Å². The molecule has 0 bridgehead atoms. The van der Waals surface area contributed by atoms with E-state index in [0.717, 1.165) is 53.5 Å². The van der Waals surface area contributed by atoms with Gasteiger partial charge in [-0.05, 0) is 37.1 Å². The number of aromatic nitrogens is 5. The van der Waals surface area contributed by atoms with E-state index in [4.69, 9.17) is 23.2 Å². The molecule has 2 heterocycles. The SMILES string of the molecule is Cn1c(Cc2n[nH]c(=O)c3ccccc23)nnc1SCCCCCCCCCCC(=O)Nc1ccc(Cl)cc1Cl. The second kappa shape index (κ2) is 15.2. The van der Waals surface area contributed by atoms with Gasteiger partial charge < -0.3 is 9.88 Å². The number of fused-ring (bicyclic) bond motifs is 1. The average Bonchev–Trinajstić information content (AvgIpc) is 3.29. The number of benzene rings is 2. The van der Waals surface area contributed by atoms with E-state index in [0.29, 0.717) is 34.0 Å². The highest BCUT2D eigenvalue weighted by atomic mass is 35.5. The molecule has 0 aliphatic heterocycles. The van der Waals surface area contributed by atoms with Crippen LogP contribution in [0.25, 0.3) is 10.8 Å². The first-order valence-corrected chi connectivity index (χ1v) is 15.4. The summed E-state index contributed by atoms with van der Waals surface area (Å²) < 4.78 is 2.01. The summed E-state index contributed by atoms with van der Waals surface area (Å²) in [5.41, 5.74) is 1.20. The number of H-pyrrole nitrogens is 1. The molecule has 0 unspecified atom stereocenters. The number of aromatic amines is 1. The van der Waals surface area contributed by atoms with Crippen LogP contribution >= 0.6 is 35.0 Å². The third-order valence-electron chi connectivity index (χ3n) is 6.76. The monoisotopic (exact) mass is 600 g/mol. The van der Waals surface area contributed by atoms with Gasteiger partial charge in [-0.3, -0.25) is 9.59 Å². The second-order valence-electron chi connectivity index (χ2n) is 9.78. The van der Waals surface area contributed by atoms with Gasteiger partial charge in [-0.25, -0.2) is 5.10 Å². The Hall–Kier alpha value is -2.88. The van der Waals surface area contributed by atoms with Gasteiger partial charge >= 0.3 is 0 Å². The summed E-state index contributed by atoms with van der Waals surface area (Å²) >= 11 is 13.7. The fraction of sp³-hybridized carbons (Fsp3) is 0.414. The van der Waals surface area contributed by atoms with Crippen LogP contribution in [0.3, 0.4) is 0 Å². The lowest BCUT2D eigenvalue weighted by molar-refractivity contribution is -0.116. The van der Waals surface area contributed by atoms with Gasteiger partial charge in [0.05, 0.1) is 28.2 Å². The number of anilines is 1. The molecular weight excluding hydrogens is 567 g/mol. The molecule has 1 amide bonds. The maximum absolute atomic E-state index is 12.1.